The van der Waals surface area contributed by atoms with Gasteiger partial charge in [-0.15, -0.1) is 0 Å². The summed E-state index contributed by atoms with van der Waals surface area (Å²) >= 11 is 0. The van der Waals surface area contributed by atoms with Crippen LogP contribution in [-0.2, 0) is 17.8 Å². The van der Waals surface area contributed by atoms with Crippen LogP contribution >= 0.6 is 0 Å². The van der Waals surface area contributed by atoms with Gasteiger partial charge in [0.05, 0.1) is 0 Å². The second kappa shape index (κ2) is 6.84. The molecular weight excluding hydrogens is 286 g/mol. The van der Waals surface area contributed by atoms with Crippen LogP contribution in [0.1, 0.15) is 11.1 Å². The van der Waals surface area contributed by atoms with E-state index in [1.807, 2.05) is 19.0 Å². The minimum Gasteiger partial charge on any atom is -0.464 e. The molecule has 3 rings (SSSR count). The zero-order valence-corrected chi connectivity index (χ0v) is 13.7. The summed E-state index contributed by atoms with van der Waals surface area (Å²) in [4.78, 5) is 4.06. The van der Waals surface area contributed by atoms with Gasteiger partial charge < -0.3 is 14.5 Å². The van der Waals surface area contributed by atoms with Gasteiger partial charge in [0.15, 0.2) is 0 Å². The molecule has 2 aromatic rings. The molecule has 0 radical (unpaired) electrons. The predicted molar refractivity (Wildman–Crippen MR) is 93.4 cm³/mol. The van der Waals surface area contributed by atoms with E-state index in [0.717, 1.165) is 6.54 Å². The fourth-order valence-electron chi connectivity index (χ4n) is 2.87. The lowest BCUT2D eigenvalue weighted by Gasteiger charge is -2.24. The maximum atomic E-state index is 8.29. The van der Waals surface area contributed by atoms with Crippen LogP contribution in [0.5, 0.6) is 0 Å². The van der Waals surface area contributed by atoms with Gasteiger partial charge in [-0.25, -0.2) is 0 Å². The lowest BCUT2D eigenvalue weighted by molar-refractivity contribution is 0.196. The van der Waals surface area contributed by atoms with Gasteiger partial charge in [-0.3, -0.25) is 5.41 Å². The number of nitrogens with zero attached hydrogens (tertiary/aromatic N) is 2. The highest BCUT2D eigenvalue weighted by Gasteiger charge is 2.21. The summed E-state index contributed by atoms with van der Waals surface area (Å²) < 4.78 is 5.65. The topological polar surface area (TPSA) is 39.6 Å². The van der Waals surface area contributed by atoms with Gasteiger partial charge >= 0.3 is 0 Å². The normalized spacial score (nSPS) is 13.3. The first-order chi connectivity index (χ1) is 11.1. The Morgan fingerprint density at radius 3 is 2.04 bits per heavy atom. The van der Waals surface area contributed by atoms with Crippen LogP contribution in [-0.4, -0.2) is 43.1 Å². The van der Waals surface area contributed by atoms with Gasteiger partial charge in [0.25, 0.3) is 6.02 Å². The molecule has 0 unspecified atom stereocenters. The van der Waals surface area contributed by atoms with Crippen LogP contribution in [0.2, 0.25) is 0 Å². The largest absolute Gasteiger partial charge is 0.464 e. The molecule has 2 aromatic carbocycles. The van der Waals surface area contributed by atoms with Crippen molar-refractivity contribution in [3.8, 4) is 11.1 Å². The van der Waals surface area contributed by atoms with E-state index in [2.05, 4.69) is 53.4 Å². The Morgan fingerprint density at radius 2 is 1.52 bits per heavy atom. The summed E-state index contributed by atoms with van der Waals surface area (Å²) in [7, 11) is 4.01. The smallest absolute Gasteiger partial charge is 0.285 e. The van der Waals surface area contributed by atoms with Crippen molar-refractivity contribution in [2.24, 2.45) is 0 Å². The molecule has 0 spiro atoms. The Labute approximate surface area is 137 Å². The van der Waals surface area contributed by atoms with Crippen molar-refractivity contribution in [3.63, 3.8) is 0 Å². The molecule has 1 aliphatic heterocycles. The van der Waals surface area contributed by atoms with Crippen LogP contribution in [0.3, 0.4) is 0 Å². The molecule has 23 heavy (non-hydrogen) atoms. The number of likely N-dealkylation sites (N-methyl/N-ethyl adjacent to an activating group) is 1. The average molecular weight is 309 g/mol. The molecule has 0 saturated heterocycles. The third-order valence-electron chi connectivity index (χ3n) is 4.11. The molecule has 0 aromatic heterocycles. The first-order valence-electron chi connectivity index (χ1n) is 7.92. The van der Waals surface area contributed by atoms with Crippen LogP contribution in [0.25, 0.3) is 11.1 Å². The highest BCUT2D eigenvalue weighted by atomic mass is 16.5. The average Bonchev–Trinajstić information content (AvgIpc) is 2.71. The quantitative estimate of drug-likeness (QED) is 0.699. The molecule has 0 saturated carbocycles. The number of ether oxygens (including phenoxy) is 1. The zero-order chi connectivity index (χ0) is 16.2. The molecule has 120 valence electrons. The fourth-order valence-corrected chi connectivity index (χ4v) is 2.87. The van der Waals surface area contributed by atoms with Crippen molar-refractivity contribution in [2.45, 2.75) is 13.1 Å². The number of hydrogen-bond acceptors (Lipinski definition) is 3. The summed E-state index contributed by atoms with van der Waals surface area (Å²) in [5, 5.41) is 8.29. The van der Waals surface area contributed by atoms with Gasteiger partial charge in [0, 0.05) is 19.6 Å². The third-order valence-corrected chi connectivity index (χ3v) is 4.11. The van der Waals surface area contributed by atoms with Gasteiger partial charge in [-0.05, 0) is 36.3 Å². The monoisotopic (exact) mass is 309 g/mol. The van der Waals surface area contributed by atoms with E-state index in [1.54, 1.807) is 0 Å². The number of benzene rings is 2. The summed E-state index contributed by atoms with van der Waals surface area (Å²) in [5.74, 6) is 0. The van der Waals surface area contributed by atoms with Crippen molar-refractivity contribution in [1.82, 2.24) is 9.80 Å². The standard InChI is InChI=1S/C19H23N3O/c1-21(2)11-12-23-19(20)22-13-15-7-3-5-9-17(15)18-10-6-4-8-16(18)14-22/h3-10,20H,11-14H2,1-2H3. The van der Waals surface area contributed by atoms with Crippen molar-refractivity contribution in [3.05, 3.63) is 59.7 Å². The fraction of sp³-hybridized carbons (Fsp3) is 0.316. The molecular formula is C19H23N3O. The molecule has 0 aliphatic carbocycles. The highest BCUT2D eigenvalue weighted by molar-refractivity contribution is 5.76. The second-order valence-electron chi connectivity index (χ2n) is 6.13. The molecule has 4 nitrogen and oxygen atoms in total. The number of fused-ring (bicyclic) bond motifs is 3. The molecule has 1 aliphatic rings. The van der Waals surface area contributed by atoms with Gasteiger partial charge in [0.2, 0.25) is 0 Å². The Morgan fingerprint density at radius 1 is 1.00 bits per heavy atom. The molecule has 0 amide bonds. The zero-order valence-electron chi connectivity index (χ0n) is 13.7. The molecule has 1 N–H and O–H groups in total. The van der Waals surface area contributed by atoms with Crippen molar-refractivity contribution in [1.29, 1.82) is 5.41 Å². The van der Waals surface area contributed by atoms with Crippen molar-refractivity contribution < 1.29 is 4.74 Å². The van der Waals surface area contributed by atoms with Crippen LogP contribution in [0.15, 0.2) is 48.5 Å². The first-order valence-corrected chi connectivity index (χ1v) is 7.92. The van der Waals surface area contributed by atoms with E-state index >= 15 is 0 Å². The summed E-state index contributed by atoms with van der Waals surface area (Å²) in [6, 6.07) is 17.1. The lowest BCUT2D eigenvalue weighted by atomic mass is 9.97. The van der Waals surface area contributed by atoms with E-state index in [4.69, 9.17) is 10.1 Å². The summed E-state index contributed by atoms with van der Waals surface area (Å²) in [6.07, 6.45) is 0. The van der Waals surface area contributed by atoms with Crippen LogP contribution in [0, 0.1) is 5.41 Å². The SMILES string of the molecule is CN(C)CCOC(=N)N1Cc2ccccc2-c2ccccc2C1. The van der Waals surface area contributed by atoms with Gasteiger partial charge in [-0.1, -0.05) is 48.5 Å². The Bertz CT molecular complexity index is 649. The first kappa shape index (κ1) is 15.6. The summed E-state index contributed by atoms with van der Waals surface area (Å²) in [5.41, 5.74) is 4.98. The number of hydrogen-bond donors (Lipinski definition) is 1. The van der Waals surface area contributed by atoms with Crippen molar-refractivity contribution >= 4 is 6.02 Å². The van der Waals surface area contributed by atoms with Crippen LogP contribution in [0.4, 0.5) is 0 Å². The summed E-state index contributed by atoms with van der Waals surface area (Å²) in [6.45, 7) is 2.74. The second-order valence-corrected chi connectivity index (χ2v) is 6.13. The molecule has 4 heteroatoms. The lowest BCUT2D eigenvalue weighted by Crippen LogP contribution is -2.32. The maximum Gasteiger partial charge on any atom is 0.285 e. The molecule has 1 heterocycles. The van der Waals surface area contributed by atoms with E-state index < -0.39 is 0 Å². The van der Waals surface area contributed by atoms with Crippen LogP contribution < -0.4 is 0 Å². The minimum atomic E-state index is 0.248. The Kier molecular flexibility index (Phi) is 4.63. The maximum absolute atomic E-state index is 8.29. The van der Waals surface area contributed by atoms with Gasteiger partial charge in [0.1, 0.15) is 6.61 Å². The van der Waals surface area contributed by atoms with E-state index in [9.17, 15) is 0 Å². The van der Waals surface area contributed by atoms with E-state index in [0.29, 0.717) is 19.7 Å². The minimum absolute atomic E-state index is 0.248. The van der Waals surface area contributed by atoms with E-state index in [-0.39, 0.29) is 6.02 Å². The Hall–Kier alpha value is -2.33. The highest BCUT2D eigenvalue weighted by Crippen LogP contribution is 2.32. The molecule has 0 bridgehead atoms. The number of amidine groups is 1. The molecule has 0 atom stereocenters. The predicted octanol–water partition coefficient (Wildman–Crippen LogP) is 3.18. The van der Waals surface area contributed by atoms with Crippen molar-refractivity contribution in [2.75, 3.05) is 27.2 Å². The van der Waals surface area contributed by atoms with E-state index in [1.165, 1.54) is 22.3 Å². The number of rotatable bonds is 3. The van der Waals surface area contributed by atoms with Gasteiger partial charge in [-0.2, -0.15) is 0 Å². The Balaban J connectivity index is 1.85. The number of nitrogens with one attached hydrogen (secondary N) is 1. The molecule has 0 fully saturated rings. The third kappa shape index (κ3) is 3.54.